The molecule has 0 unspecified atom stereocenters. The summed E-state index contributed by atoms with van der Waals surface area (Å²) in [6, 6.07) is 15.7. The highest BCUT2D eigenvalue weighted by molar-refractivity contribution is 14.1. The van der Waals surface area contributed by atoms with Crippen LogP contribution < -0.4 is 20.1 Å². The maximum Gasteiger partial charge on any atom is 0.335 e. The molecule has 0 saturated carbocycles. The van der Waals surface area contributed by atoms with Crippen molar-refractivity contribution >= 4 is 57.4 Å². The number of benzene rings is 3. The summed E-state index contributed by atoms with van der Waals surface area (Å²) in [6.45, 7) is 4.45. The molecule has 0 fully saturated rings. The molecular formula is C25H24ClIN2O5. The Kier molecular flexibility index (Phi) is 9.00. The van der Waals surface area contributed by atoms with Crippen molar-refractivity contribution in [1.29, 1.82) is 0 Å². The molecule has 3 N–H and O–H groups in total. The molecule has 0 aliphatic heterocycles. The fraction of sp³-hybridized carbons (Fsp3) is 0.200. The Morgan fingerprint density at radius 1 is 1.06 bits per heavy atom. The van der Waals surface area contributed by atoms with E-state index in [0.29, 0.717) is 41.0 Å². The van der Waals surface area contributed by atoms with Gasteiger partial charge in [0.15, 0.2) is 18.1 Å². The number of amides is 1. The number of hydrogen-bond donors (Lipinski definition) is 3. The van der Waals surface area contributed by atoms with E-state index >= 15 is 0 Å². The van der Waals surface area contributed by atoms with Gasteiger partial charge in [0.05, 0.1) is 15.7 Å². The molecule has 0 spiro atoms. The Morgan fingerprint density at radius 2 is 1.85 bits per heavy atom. The van der Waals surface area contributed by atoms with Crippen molar-refractivity contribution in [2.24, 2.45) is 0 Å². The largest absolute Gasteiger partial charge is 0.490 e. The number of anilines is 2. The van der Waals surface area contributed by atoms with Crippen LogP contribution >= 0.6 is 34.2 Å². The minimum atomic E-state index is -0.979. The van der Waals surface area contributed by atoms with Gasteiger partial charge < -0.3 is 25.2 Å². The molecule has 0 atom stereocenters. The third kappa shape index (κ3) is 7.01. The summed E-state index contributed by atoms with van der Waals surface area (Å²) >= 11 is 8.25. The molecule has 0 saturated heterocycles. The SMILES string of the molecule is CCOc1cc(CNc2cccc(C(=O)O)c2)cc(I)c1OCC(=O)Nc1ccc(C)c(Cl)c1. The van der Waals surface area contributed by atoms with E-state index in [1.807, 2.05) is 32.0 Å². The summed E-state index contributed by atoms with van der Waals surface area (Å²) < 4.78 is 12.3. The van der Waals surface area contributed by atoms with Gasteiger partial charge in [0.1, 0.15) is 0 Å². The zero-order valence-corrected chi connectivity index (χ0v) is 21.6. The second kappa shape index (κ2) is 11.9. The number of hydrogen-bond acceptors (Lipinski definition) is 5. The first-order chi connectivity index (χ1) is 16.3. The van der Waals surface area contributed by atoms with Gasteiger partial charge in [0.25, 0.3) is 5.91 Å². The van der Waals surface area contributed by atoms with E-state index < -0.39 is 5.97 Å². The Morgan fingerprint density at radius 3 is 2.56 bits per heavy atom. The molecule has 0 aromatic heterocycles. The van der Waals surface area contributed by atoms with Crippen LogP contribution in [0.4, 0.5) is 11.4 Å². The lowest BCUT2D eigenvalue weighted by Crippen LogP contribution is -2.20. The zero-order chi connectivity index (χ0) is 24.7. The second-order valence-corrected chi connectivity index (χ2v) is 8.95. The minimum absolute atomic E-state index is 0.193. The van der Waals surface area contributed by atoms with Crippen molar-refractivity contribution in [1.82, 2.24) is 0 Å². The van der Waals surface area contributed by atoms with Crippen LogP contribution in [-0.4, -0.2) is 30.2 Å². The molecule has 7 nitrogen and oxygen atoms in total. The van der Waals surface area contributed by atoms with Gasteiger partial charge in [-0.2, -0.15) is 0 Å². The van der Waals surface area contributed by atoms with Crippen LogP contribution in [0.5, 0.6) is 11.5 Å². The van der Waals surface area contributed by atoms with Gasteiger partial charge in [0, 0.05) is 22.9 Å². The lowest BCUT2D eigenvalue weighted by Gasteiger charge is -2.16. The van der Waals surface area contributed by atoms with E-state index in [4.69, 9.17) is 26.2 Å². The monoisotopic (exact) mass is 594 g/mol. The highest BCUT2D eigenvalue weighted by Gasteiger charge is 2.15. The van der Waals surface area contributed by atoms with Gasteiger partial charge in [-0.3, -0.25) is 4.79 Å². The van der Waals surface area contributed by atoms with Crippen LogP contribution in [0.2, 0.25) is 5.02 Å². The summed E-state index contributed by atoms with van der Waals surface area (Å²) in [5.74, 6) is -0.289. The van der Waals surface area contributed by atoms with Gasteiger partial charge in [-0.1, -0.05) is 23.7 Å². The number of carbonyl (C=O) groups is 2. The number of carbonyl (C=O) groups excluding carboxylic acids is 1. The van der Waals surface area contributed by atoms with Crippen LogP contribution in [0.25, 0.3) is 0 Å². The molecule has 3 aromatic carbocycles. The number of aryl methyl sites for hydroxylation is 1. The molecule has 1 amide bonds. The fourth-order valence-corrected chi connectivity index (χ4v) is 4.10. The van der Waals surface area contributed by atoms with Crippen molar-refractivity contribution in [3.8, 4) is 11.5 Å². The molecule has 3 rings (SSSR count). The topological polar surface area (TPSA) is 96.9 Å². The maximum atomic E-state index is 12.4. The smallest absolute Gasteiger partial charge is 0.335 e. The van der Waals surface area contributed by atoms with Gasteiger partial charge in [-0.15, -0.1) is 0 Å². The molecule has 34 heavy (non-hydrogen) atoms. The number of carboxylic acids is 1. The van der Waals surface area contributed by atoms with Gasteiger partial charge in [-0.05, 0) is 90.0 Å². The number of nitrogens with one attached hydrogen (secondary N) is 2. The average molecular weight is 595 g/mol. The van der Waals surface area contributed by atoms with E-state index in [2.05, 4.69) is 33.2 Å². The third-order valence-corrected chi connectivity index (χ3v) is 5.99. The molecule has 0 radical (unpaired) electrons. The van der Waals surface area contributed by atoms with Crippen molar-refractivity contribution in [3.63, 3.8) is 0 Å². The van der Waals surface area contributed by atoms with Crippen LogP contribution in [0.1, 0.15) is 28.4 Å². The lowest BCUT2D eigenvalue weighted by atomic mass is 10.1. The molecule has 0 aliphatic rings. The average Bonchev–Trinajstić information content (AvgIpc) is 2.80. The number of halogens is 2. The lowest BCUT2D eigenvalue weighted by molar-refractivity contribution is -0.118. The van der Waals surface area contributed by atoms with Crippen molar-refractivity contribution in [2.75, 3.05) is 23.8 Å². The van der Waals surface area contributed by atoms with Gasteiger partial charge in [-0.25, -0.2) is 4.79 Å². The van der Waals surface area contributed by atoms with Crippen LogP contribution in [0, 0.1) is 10.5 Å². The second-order valence-electron chi connectivity index (χ2n) is 7.38. The van der Waals surface area contributed by atoms with Crippen LogP contribution in [0.15, 0.2) is 54.6 Å². The Labute approximate surface area is 216 Å². The quantitative estimate of drug-likeness (QED) is 0.250. The van der Waals surface area contributed by atoms with Gasteiger partial charge >= 0.3 is 5.97 Å². The molecule has 9 heteroatoms. The number of rotatable bonds is 10. The van der Waals surface area contributed by atoms with Crippen molar-refractivity contribution in [3.05, 3.63) is 79.9 Å². The Hall–Kier alpha value is -2.98. The number of ether oxygens (including phenoxy) is 2. The van der Waals surface area contributed by atoms with E-state index in [1.54, 1.807) is 36.4 Å². The summed E-state index contributed by atoms with van der Waals surface area (Å²) in [5.41, 5.74) is 3.35. The standard InChI is InChI=1S/C25H24ClIN2O5/c1-3-33-22-10-16(13-28-18-6-4-5-17(11-18)25(31)32)9-21(27)24(22)34-14-23(30)29-19-8-7-15(2)20(26)12-19/h4-12,28H,3,13-14H2,1-2H3,(H,29,30)(H,31,32). The maximum absolute atomic E-state index is 12.4. The molecule has 0 heterocycles. The summed E-state index contributed by atoms with van der Waals surface area (Å²) in [7, 11) is 0. The Bertz CT molecular complexity index is 1200. The van der Waals surface area contributed by atoms with E-state index in [0.717, 1.165) is 14.7 Å². The first-order valence-electron chi connectivity index (χ1n) is 10.5. The van der Waals surface area contributed by atoms with E-state index in [-0.39, 0.29) is 18.1 Å². The predicted octanol–water partition coefficient (Wildman–Crippen LogP) is 5.98. The molecule has 3 aromatic rings. The number of aromatic carboxylic acids is 1. The third-order valence-electron chi connectivity index (χ3n) is 4.78. The molecular weight excluding hydrogens is 571 g/mol. The molecule has 178 valence electrons. The minimum Gasteiger partial charge on any atom is -0.490 e. The normalized spacial score (nSPS) is 10.5. The summed E-state index contributed by atoms with van der Waals surface area (Å²) in [6.07, 6.45) is 0. The van der Waals surface area contributed by atoms with E-state index in [9.17, 15) is 9.59 Å². The van der Waals surface area contributed by atoms with Crippen LogP contribution in [0.3, 0.4) is 0 Å². The van der Waals surface area contributed by atoms with Gasteiger partial charge in [0.2, 0.25) is 0 Å². The highest BCUT2D eigenvalue weighted by Crippen LogP contribution is 2.34. The fourth-order valence-electron chi connectivity index (χ4n) is 3.10. The molecule has 0 bridgehead atoms. The summed E-state index contributed by atoms with van der Waals surface area (Å²) in [4.78, 5) is 23.6. The zero-order valence-electron chi connectivity index (χ0n) is 18.7. The first kappa shape index (κ1) is 25.6. The Balaban J connectivity index is 1.68. The number of carboxylic acid groups (broad SMARTS) is 1. The summed E-state index contributed by atoms with van der Waals surface area (Å²) in [5, 5.41) is 15.7. The first-order valence-corrected chi connectivity index (χ1v) is 11.9. The van der Waals surface area contributed by atoms with Crippen molar-refractivity contribution in [2.45, 2.75) is 20.4 Å². The highest BCUT2D eigenvalue weighted by atomic mass is 127. The predicted molar refractivity (Wildman–Crippen MR) is 141 cm³/mol. The van der Waals surface area contributed by atoms with Crippen LogP contribution in [-0.2, 0) is 11.3 Å². The molecule has 0 aliphatic carbocycles. The van der Waals surface area contributed by atoms with Crippen molar-refractivity contribution < 1.29 is 24.2 Å². The van der Waals surface area contributed by atoms with E-state index in [1.165, 1.54) is 0 Å².